The lowest BCUT2D eigenvalue weighted by Crippen LogP contribution is -2.32. The number of nitrogens with zero attached hydrogens (tertiary/aromatic N) is 1. The van der Waals surface area contributed by atoms with Crippen LogP contribution >= 0.6 is 22.9 Å². The molecule has 2 atom stereocenters. The molecule has 2 aromatic rings. The lowest BCUT2D eigenvalue weighted by Gasteiger charge is -2.29. The molecule has 0 aliphatic heterocycles. The predicted molar refractivity (Wildman–Crippen MR) is 94.7 cm³/mol. The minimum absolute atomic E-state index is 0.144. The number of nitrogens with two attached hydrogens (primary N) is 1. The molecule has 0 saturated heterocycles. The van der Waals surface area contributed by atoms with Gasteiger partial charge < -0.3 is 10.6 Å². The van der Waals surface area contributed by atoms with E-state index < -0.39 is 0 Å². The topological polar surface area (TPSA) is 29.3 Å². The summed E-state index contributed by atoms with van der Waals surface area (Å²) in [5, 5.41) is 2.90. The number of hydrogen-bond donors (Lipinski definition) is 1. The fourth-order valence-electron chi connectivity index (χ4n) is 2.48. The molecule has 2 rings (SSSR count). The first-order chi connectivity index (χ1) is 9.97. The number of halogens is 1. The van der Waals surface area contributed by atoms with Gasteiger partial charge in [-0.1, -0.05) is 23.7 Å². The molecule has 4 heteroatoms. The van der Waals surface area contributed by atoms with Crippen LogP contribution in [0.4, 0.5) is 5.69 Å². The molecule has 21 heavy (non-hydrogen) atoms. The third kappa shape index (κ3) is 4.47. The molecular formula is C17H23ClN2S. The molecule has 1 aromatic carbocycles. The van der Waals surface area contributed by atoms with Crippen molar-refractivity contribution in [3.05, 3.63) is 51.2 Å². The van der Waals surface area contributed by atoms with Crippen LogP contribution in [0.3, 0.4) is 0 Å². The molecule has 1 aromatic heterocycles. The summed E-state index contributed by atoms with van der Waals surface area (Å²) in [6.07, 6.45) is 1.90. The molecule has 2 nitrogen and oxygen atoms in total. The Bertz CT molecular complexity index is 566. The Morgan fingerprint density at radius 2 is 2.00 bits per heavy atom. The van der Waals surface area contributed by atoms with Gasteiger partial charge in [0, 0.05) is 41.1 Å². The van der Waals surface area contributed by atoms with Gasteiger partial charge in [-0.15, -0.1) is 11.3 Å². The Hall–Kier alpha value is -1.03. The standard InChI is InChI=1S/C17H23ClN2S/c1-12(19)9-14-6-7-15(18)11-17(14)20(3)13(2)10-16-5-4-8-21-16/h4-8,11-13H,9-10,19H2,1-3H3. The van der Waals surface area contributed by atoms with E-state index in [1.54, 1.807) is 0 Å². The average molecular weight is 323 g/mol. The van der Waals surface area contributed by atoms with E-state index in [1.165, 1.54) is 16.1 Å². The lowest BCUT2D eigenvalue weighted by molar-refractivity contribution is 0.677. The summed E-state index contributed by atoms with van der Waals surface area (Å²) in [7, 11) is 2.13. The van der Waals surface area contributed by atoms with Crippen LogP contribution in [0.1, 0.15) is 24.3 Å². The van der Waals surface area contributed by atoms with Gasteiger partial charge in [0.15, 0.2) is 0 Å². The maximum atomic E-state index is 6.19. The quantitative estimate of drug-likeness (QED) is 0.856. The van der Waals surface area contributed by atoms with Gasteiger partial charge in [0.05, 0.1) is 0 Å². The number of hydrogen-bond acceptors (Lipinski definition) is 3. The Balaban J connectivity index is 2.20. The SMILES string of the molecule is CC(N)Cc1ccc(Cl)cc1N(C)C(C)Cc1cccs1. The Kier molecular flexibility index (Phi) is 5.68. The molecule has 0 amide bonds. The van der Waals surface area contributed by atoms with Crippen molar-refractivity contribution in [2.75, 3.05) is 11.9 Å². The first-order valence-electron chi connectivity index (χ1n) is 7.26. The van der Waals surface area contributed by atoms with Crippen molar-refractivity contribution in [1.29, 1.82) is 0 Å². The second-order valence-electron chi connectivity index (χ2n) is 5.70. The molecular weight excluding hydrogens is 300 g/mol. The Labute approximate surface area is 136 Å². The molecule has 0 aliphatic rings. The van der Waals surface area contributed by atoms with E-state index >= 15 is 0 Å². The summed E-state index contributed by atoms with van der Waals surface area (Å²) in [5.74, 6) is 0. The van der Waals surface area contributed by atoms with Crippen LogP contribution in [-0.4, -0.2) is 19.1 Å². The van der Waals surface area contributed by atoms with Gasteiger partial charge in [0.25, 0.3) is 0 Å². The van der Waals surface area contributed by atoms with Crippen molar-refractivity contribution in [3.8, 4) is 0 Å². The summed E-state index contributed by atoms with van der Waals surface area (Å²) in [4.78, 5) is 3.72. The molecule has 2 unspecified atom stereocenters. The molecule has 114 valence electrons. The van der Waals surface area contributed by atoms with Gasteiger partial charge in [0.1, 0.15) is 0 Å². The molecule has 0 radical (unpaired) electrons. The van der Waals surface area contributed by atoms with E-state index in [0.717, 1.165) is 17.9 Å². The third-order valence-corrected chi connectivity index (χ3v) is 4.84. The van der Waals surface area contributed by atoms with Gasteiger partial charge in [-0.05, 0) is 49.4 Å². The Morgan fingerprint density at radius 1 is 1.24 bits per heavy atom. The maximum Gasteiger partial charge on any atom is 0.0426 e. The summed E-state index contributed by atoms with van der Waals surface area (Å²) >= 11 is 8.00. The molecule has 0 spiro atoms. The predicted octanol–water partition coefficient (Wildman–Crippen LogP) is 4.36. The van der Waals surface area contributed by atoms with Gasteiger partial charge in [-0.25, -0.2) is 0 Å². The van der Waals surface area contributed by atoms with Gasteiger partial charge in [0.2, 0.25) is 0 Å². The van der Waals surface area contributed by atoms with E-state index in [1.807, 2.05) is 30.4 Å². The number of anilines is 1. The zero-order valence-corrected chi connectivity index (χ0v) is 14.4. The monoisotopic (exact) mass is 322 g/mol. The largest absolute Gasteiger partial charge is 0.371 e. The highest BCUT2D eigenvalue weighted by Gasteiger charge is 2.16. The van der Waals surface area contributed by atoms with Crippen LogP contribution in [0.15, 0.2) is 35.7 Å². The molecule has 0 aliphatic carbocycles. The maximum absolute atomic E-state index is 6.19. The van der Waals surface area contributed by atoms with E-state index in [4.69, 9.17) is 17.3 Å². The summed E-state index contributed by atoms with van der Waals surface area (Å²) in [5.41, 5.74) is 8.41. The molecule has 0 bridgehead atoms. The first-order valence-corrected chi connectivity index (χ1v) is 8.52. The highest BCUT2D eigenvalue weighted by atomic mass is 35.5. The Morgan fingerprint density at radius 3 is 2.62 bits per heavy atom. The second-order valence-corrected chi connectivity index (χ2v) is 7.17. The normalized spacial score (nSPS) is 14.0. The number of benzene rings is 1. The number of rotatable bonds is 6. The van der Waals surface area contributed by atoms with Gasteiger partial charge >= 0.3 is 0 Å². The van der Waals surface area contributed by atoms with Crippen LogP contribution in [0, 0.1) is 0 Å². The smallest absolute Gasteiger partial charge is 0.0426 e. The van der Waals surface area contributed by atoms with E-state index in [-0.39, 0.29) is 6.04 Å². The van der Waals surface area contributed by atoms with E-state index in [9.17, 15) is 0 Å². The van der Waals surface area contributed by atoms with Gasteiger partial charge in [-0.2, -0.15) is 0 Å². The van der Waals surface area contributed by atoms with Crippen molar-refractivity contribution in [1.82, 2.24) is 0 Å². The summed E-state index contributed by atoms with van der Waals surface area (Å²) in [6, 6.07) is 10.9. The van der Waals surface area contributed by atoms with E-state index in [0.29, 0.717) is 6.04 Å². The van der Waals surface area contributed by atoms with Crippen molar-refractivity contribution in [3.63, 3.8) is 0 Å². The average Bonchev–Trinajstić information content (AvgIpc) is 2.92. The molecule has 0 fully saturated rings. The lowest BCUT2D eigenvalue weighted by atomic mass is 10.0. The van der Waals surface area contributed by atoms with Crippen molar-refractivity contribution in [2.45, 2.75) is 38.8 Å². The van der Waals surface area contributed by atoms with Crippen molar-refractivity contribution >= 4 is 28.6 Å². The summed E-state index contributed by atoms with van der Waals surface area (Å²) in [6.45, 7) is 4.28. The second kappa shape index (κ2) is 7.30. The fraction of sp³-hybridized carbons (Fsp3) is 0.412. The number of thiophene rings is 1. The highest BCUT2D eigenvalue weighted by Crippen LogP contribution is 2.27. The van der Waals surface area contributed by atoms with Crippen LogP contribution in [0.2, 0.25) is 5.02 Å². The zero-order valence-electron chi connectivity index (χ0n) is 12.8. The molecule has 1 heterocycles. The minimum Gasteiger partial charge on any atom is -0.371 e. The number of likely N-dealkylation sites (N-methyl/N-ethyl adjacent to an activating group) is 1. The molecule has 0 saturated carbocycles. The summed E-state index contributed by atoms with van der Waals surface area (Å²) < 4.78 is 0. The van der Waals surface area contributed by atoms with Crippen LogP contribution < -0.4 is 10.6 Å². The minimum atomic E-state index is 0.144. The zero-order chi connectivity index (χ0) is 15.4. The van der Waals surface area contributed by atoms with Crippen molar-refractivity contribution < 1.29 is 0 Å². The fourth-order valence-corrected chi connectivity index (χ4v) is 3.47. The van der Waals surface area contributed by atoms with Crippen LogP contribution in [0.25, 0.3) is 0 Å². The van der Waals surface area contributed by atoms with Gasteiger partial charge in [-0.3, -0.25) is 0 Å². The highest BCUT2D eigenvalue weighted by molar-refractivity contribution is 7.09. The van der Waals surface area contributed by atoms with Crippen molar-refractivity contribution in [2.24, 2.45) is 5.73 Å². The molecule has 2 N–H and O–H groups in total. The first kappa shape index (κ1) is 16.3. The van der Waals surface area contributed by atoms with Crippen LogP contribution in [-0.2, 0) is 12.8 Å². The third-order valence-electron chi connectivity index (χ3n) is 3.71. The van der Waals surface area contributed by atoms with Crippen LogP contribution in [0.5, 0.6) is 0 Å². The van der Waals surface area contributed by atoms with E-state index in [2.05, 4.69) is 42.5 Å².